The summed E-state index contributed by atoms with van der Waals surface area (Å²) in [5, 5.41) is 9.72. The second-order valence-electron chi connectivity index (χ2n) is 6.72. The van der Waals surface area contributed by atoms with Gasteiger partial charge < -0.3 is 17.0 Å². The van der Waals surface area contributed by atoms with E-state index in [4.69, 9.17) is 0 Å². The first-order valence-corrected chi connectivity index (χ1v) is 10.3. The van der Waals surface area contributed by atoms with Crippen LogP contribution in [-0.4, -0.2) is 15.0 Å². The molecule has 3 aromatic carbocycles. The van der Waals surface area contributed by atoms with E-state index in [1.165, 1.54) is 15.2 Å². The van der Waals surface area contributed by atoms with Crippen LogP contribution in [0.1, 0.15) is 10.6 Å². The molecule has 0 aliphatic rings. The lowest BCUT2D eigenvalue weighted by Crippen LogP contribution is -3.00. The minimum absolute atomic E-state index is 0. The third-order valence-electron chi connectivity index (χ3n) is 4.86. The highest BCUT2D eigenvalue weighted by molar-refractivity contribution is 7.18. The summed E-state index contributed by atoms with van der Waals surface area (Å²) in [5.74, 6) is 0. The summed E-state index contributed by atoms with van der Waals surface area (Å²) in [5.41, 5.74) is 5.28. The van der Waals surface area contributed by atoms with Gasteiger partial charge in [-0.05, 0) is 48.0 Å². The fourth-order valence-electron chi connectivity index (χ4n) is 3.45. The van der Waals surface area contributed by atoms with Crippen LogP contribution < -0.4 is 21.5 Å². The summed E-state index contributed by atoms with van der Waals surface area (Å²) >= 11 is 1.79. The average molecular weight is 475 g/mol. The van der Waals surface area contributed by atoms with E-state index in [-0.39, 0.29) is 17.0 Å². The third-order valence-corrected chi connectivity index (χ3v) is 5.99. The summed E-state index contributed by atoms with van der Waals surface area (Å²) in [4.78, 5) is 0. The van der Waals surface area contributed by atoms with E-state index in [1.807, 2.05) is 35.0 Å². The predicted molar refractivity (Wildman–Crippen MR) is 120 cm³/mol. The van der Waals surface area contributed by atoms with Crippen molar-refractivity contribution >= 4 is 44.7 Å². The Kier molecular flexibility index (Phi) is 5.88. The Morgan fingerprint density at radius 3 is 2.53 bits per heavy atom. The monoisotopic (exact) mass is 474 g/mol. The zero-order chi connectivity index (χ0) is 19.6. The van der Waals surface area contributed by atoms with E-state index in [0.29, 0.717) is 0 Å². The van der Waals surface area contributed by atoms with Gasteiger partial charge in [0.25, 0.3) is 5.01 Å². The zero-order valence-corrected chi connectivity index (χ0v) is 18.6. The molecule has 0 saturated carbocycles. The molecule has 4 nitrogen and oxygen atoms in total. The molecule has 0 N–H and O–H groups in total. The van der Waals surface area contributed by atoms with Crippen molar-refractivity contribution in [3.63, 3.8) is 0 Å². The predicted octanol–water partition coefficient (Wildman–Crippen LogP) is 2.28. The van der Waals surface area contributed by atoms with Gasteiger partial charge in [0.2, 0.25) is 5.52 Å². The second kappa shape index (κ2) is 8.73. The molecule has 148 valence electrons. The Morgan fingerprint density at radius 1 is 0.933 bits per heavy atom. The SMILES string of the molecule is C=CC[n+]1c(/C=C/c2ccc(-n3nnc4ccccc43)cc2)sc2ccccc21.[Br-]. The Hall–Kier alpha value is -3.09. The smallest absolute Gasteiger partial charge is 0.263 e. The Morgan fingerprint density at radius 2 is 1.70 bits per heavy atom. The van der Waals surface area contributed by atoms with E-state index in [9.17, 15) is 0 Å². The summed E-state index contributed by atoms with van der Waals surface area (Å²) in [6.07, 6.45) is 6.26. The van der Waals surface area contributed by atoms with E-state index >= 15 is 0 Å². The Balaban J connectivity index is 0.00000218. The number of aromatic nitrogens is 4. The van der Waals surface area contributed by atoms with Crippen molar-refractivity contribution in [1.82, 2.24) is 15.0 Å². The fraction of sp³-hybridized carbons (Fsp3) is 0.0417. The third kappa shape index (κ3) is 3.72. The van der Waals surface area contributed by atoms with Gasteiger partial charge >= 0.3 is 0 Å². The lowest BCUT2D eigenvalue weighted by molar-refractivity contribution is -0.658. The molecule has 0 fully saturated rings. The van der Waals surface area contributed by atoms with Gasteiger partial charge in [0.15, 0.2) is 6.54 Å². The number of allylic oxidation sites excluding steroid dienone is 1. The number of benzene rings is 3. The van der Waals surface area contributed by atoms with Gasteiger partial charge in [-0.2, -0.15) is 4.57 Å². The molecule has 6 heteroatoms. The highest BCUT2D eigenvalue weighted by atomic mass is 79.9. The van der Waals surface area contributed by atoms with E-state index in [0.717, 1.165) is 28.8 Å². The van der Waals surface area contributed by atoms with Crippen molar-refractivity contribution in [3.8, 4) is 5.69 Å². The van der Waals surface area contributed by atoms with E-state index in [1.54, 1.807) is 11.3 Å². The molecule has 0 radical (unpaired) electrons. The molecule has 2 aromatic heterocycles. The highest BCUT2D eigenvalue weighted by Crippen LogP contribution is 2.22. The molecule has 0 bridgehead atoms. The first-order valence-electron chi connectivity index (χ1n) is 9.45. The number of para-hydroxylation sites is 2. The van der Waals surface area contributed by atoms with Crippen molar-refractivity contribution in [3.05, 3.63) is 96.0 Å². The molecule has 0 amide bonds. The molecule has 5 rings (SSSR count). The zero-order valence-electron chi connectivity index (χ0n) is 16.1. The van der Waals surface area contributed by atoms with Crippen molar-refractivity contribution in [1.29, 1.82) is 0 Å². The molecular formula is C24H19BrN4S. The number of halogens is 1. The summed E-state index contributed by atoms with van der Waals surface area (Å²) < 4.78 is 5.44. The van der Waals surface area contributed by atoms with Gasteiger partial charge in [-0.15, -0.1) is 5.10 Å². The van der Waals surface area contributed by atoms with Crippen molar-refractivity contribution in [2.45, 2.75) is 6.54 Å². The maximum absolute atomic E-state index is 4.28. The number of nitrogens with zero attached hydrogens (tertiary/aromatic N) is 4. The second-order valence-corrected chi connectivity index (χ2v) is 7.78. The normalized spacial score (nSPS) is 11.2. The number of rotatable bonds is 5. The number of fused-ring (bicyclic) bond motifs is 2. The molecular weight excluding hydrogens is 456 g/mol. The van der Waals surface area contributed by atoms with Crippen molar-refractivity contribution in [2.75, 3.05) is 0 Å². The van der Waals surface area contributed by atoms with Gasteiger partial charge in [-0.25, -0.2) is 4.68 Å². The minimum Gasteiger partial charge on any atom is -1.00 e. The Labute approximate surface area is 189 Å². The van der Waals surface area contributed by atoms with Gasteiger partial charge in [0.05, 0.1) is 11.2 Å². The van der Waals surface area contributed by atoms with Crippen LogP contribution in [0.5, 0.6) is 0 Å². The summed E-state index contributed by atoms with van der Waals surface area (Å²) in [6.45, 7) is 4.70. The topological polar surface area (TPSA) is 34.6 Å². The van der Waals surface area contributed by atoms with Crippen LogP contribution in [-0.2, 0) is 6.54 Å². The Bertz CT molecular complexity index is 1350. The number of hydrogen-bond donors (Lipinski definition) is 0. The lowest BCUT2D eigenvalue weighted by atomic mass is 10.2. The fourth-order valence-corrected chi connectivity index (χ4v) is 4.52. The van der Waals surface area contributed by atoms with Crippen LogP contribution in [0.15, 0.2) is 85.5 Å². The molecule has 2 heterocycles. The minimum atomic E-state index is 0. The van der Waals surface area contributed by atoms with Gasteiger partial charge in [0.1, 0.15) is 10.2 Å². The van der Waals surface area contributed by atoms with Crippen LogP contribution in [0.3, 0.4) is 0 Å². The molecule has 0 aliphatic heterocycles. The molecule has 0 saturated heterocycles. The average Bonchev–Trinajstić information content (AvgIpc) is 3.35. The maximum atomic E-state index is 4.28. The standard InChI is InChI=1S/C24H19N4S.BrH/c1-2-17-27-22-9-5-6-10-23(22)29-24(27)16-13-18-11-14-19(15-12-18)28-21-8-4-3-7-20(21)25-26-28;/h2-16H,1,17H2;1H/q+1;/p-1. The molecule has 0 aliphatic carbocycles. The quantitative estimate of drug-likeness (QED) is 0.289. The number of thiazole rings is 1. The first kappa shape index (κ1) is 20.2. The van der Waals surface area contributed by atoms with E-state index < -0.39 is 0 Å². The molecule has 0 unspecified atom stereocenters. The van der Waals surface area contributed by atoms with Crippen LogP contribution in [0.4, 0.5) is 0 Å². The maximum Gasteiger partial charge on any atom is 0.263 e. The molecule has 30 heavy (non-hydrogen) atoms. The van der Waals surface area contributed by atoms with Gasteiger partial charge in [0, 0.05) is 12.1 Å². The number of hydrogen-bond acceptors (Lipinski definition) is 3. The van der Waals surface area contributed by atoms with Crippen LogP contribution in [0, 0.1) is 0 Å². The molecule has 0 atom stereocenters. The summed E-state index contributed by atoms with van der Waals surface area (Å²) in [6, 6.07) is 24.8. The van der Waals surface area contributed by atoms with Crippen LogP contribution in [0.25, 0.3) is 39.1 Å². The first-order chi connectivity index (χ1) is 14.3. The van der Waals surface area contributed by atoms with Gasteiger partial charge in [-0.1, -0.05) is 59.5 Å². The molecule has 5 aromatic rings. The molecule has 0 spiro atoms. The van der Waals surface area contributed by atoms with Gasteiger partial charge in [-0.3, -0.25) is 0 Å². The largest absolute Gasteiger partial charge is 1.00 e. The lowest BCUT2D eigenvalue weighted by Gasteiger charge is -2.02. The highest BCUT2D eigenvalue weighted by Gasteiger charge is 2.16. The van der Waals surface area contributed by atoms with Crippen LogP contribution >= 0.6 is 11.3 Å². The van der Waals surface area contributed by atoms with E-state index in [2.05, 4.69) is 82.1 Å². The van der Waals surface area contributed by atoms with Crippen molar-refractivity contribution in [2.24, 2.45) is 0 Å². The summed E-state index contributed by atoms with van der Waals surface area (Å²) in [7, 11) is 0. The van der Waals surface area contributed by atoms with Crippen molar-refractivity contribution < 1.29 is 21.5 Å². The van der Waals surface area contributed by atoms with Crippen LogP contribution in [0.2, 0.25) is 0 Å².